The molecule has 0 amide bonds. The van der Waals surface area contributed by atoms with E-state index in [2.05, 4.69) is 16.3 Å². The molecular formula is C6H11N3S2. The van der Waals surface area contributed by atoms with Crippen LogP contribution < -0.4 is 5.73 Å². The van der Waals surface area contributed by atoms with Gasteiger partial charge in [0.15, 0.2) is 0 Å². The van der Waals surface area contributed by atoms with Crippen molar-refractivity contribution in [1.82, 2.24) is 9.36 Å². The van der Waals surface area contributed by atoms with E-state index in [4.69, 9.17) is 5.73 Å². The summed E-state index contributed by atoms with van der Waals surface area (Å²) < 4.78 is 4.06. The standard InChI is InChI=1S/C6H11N3S2/c1-2-3-4-10-6-8-5(7)11-9-6/h2-4H2,1H3,(H2,7,8,9). The summed E-state index contributed by atoms with van der Waals surface area (Å²) in [5.41, 5.74) is 5.41. The molecule has 0 unspecified atom stereocenters. The minimum Gasteiger partial charge on any atom is -0.374 e. The number of nitrogens with zero attached hydrogens (tertiary/aromatic N) is 2. The lowest BCUT2D eigenvalue weighted by Gasteiger charge is -1.91. The summed E-state index contributed by atoms with van der Waals surface area (Å²) in [6.07, 6.45) is 2.43. The van der Waals surface area contributed by atoms with Crippen LogP contribution in [0, 0.1) is 0 Å². The third-order valence-corrected chi connectivity index (χ3v) is 2.74. The minimum atomic E-state index is 0.559. The third kappa shape index (κ3) is 3.07. The molecule has 1 aromatic heterocycles. The molecule has 0 saturated carbocycles. The van der Waals surface area contributed by atoms with Gasteiger partial charge in [0.1, 0.15) is 0 Å². The van der Waals surface area contributed by atoms with Crippen LogP contribution in [-0.4, -0.2) is 15.1 Å². The van der Waals surface area contributed by atoms with Crippen molar-refractivity contribution in [1.29, 1.82) is 0 Å². The smallest absolute Gasteiger partial charge is 0.201 e. The highest BCUT2D eigenvalue weighted by molar-refractivity contribution is 7.99. The highest BCUT2D eigenvalue weighted by Crippen LogP contribution is 2.18. The van der Waals surface area contributed by atoms with Gasteiger partial charge in [0, 0.05) is 17.3 Å². The fourth-order valence-corrected chi connectivity index (χ4v) is 2.09. The summed E-state index contributed by atoms with van der Waals surface area (Å²) in [4.78, 5) is 4.03. The van der Waals surface area contributed by atoms with Crippen LogP contribution in [-0.2, 0) is 0 Å². The van der Waals surface area contributed by atoms with E-state index in [9.17, 15) is 0 Å². The summed E-state index contributed by atoms with van der Waals surface area (Å²) in [5.74, 6) is 1.09. The number of anilines is 1. The fraction of sp³-hybridized carbons (Fsp3) is 0.667. The van der Waals surface area contributed by atoms with Gasteiger partial charge < -0.3 is 5.73 Å². The molecule has 0 aliphatic heterocycles. The monoisotopic (exact) mass is 189 g/mol. The summed E-state index contributed by atoms with van der Waals surface area (Å²) in [7, 11) is 0. The Hall–Kier alpha value is -0.290. The predicted octanol–water partition coefficient (Wildman–Crippen LogP) is 2.01. The Labute approximate surface area is 74.6 Å². The summed E-state index contributed by atoms with van der Waals surface area (Å²) >= 11 is 2.93. The van der Waals surface area contributed by atoms with E-state index in [1.165, 1.54) is 24.4 Å². The predicted molar refractivity (Wildman–Crippen MR) is 50.0 cm³/mol. The number of nitrogens with two attached hydrogens (primary N) is 1. The first-order valence-corrected chi connectivity index (χ1v) is 5.31. The van der Waals surface area contributed by atoms with Crippen LogP contribution in [0.15, 0.2) is 5.16 Å². The van der Waals surface area contributed by atoms with E-state index in [0.29, 0.717) is 5.13 Å². The summed E-state index contributed by atoms with van der Waals surface area (Å²) in [5, 5.41) is 1.38. The second kappa shape index (κ2) is 4.56. The van der Waals surface area contributed by atoms with E-state index < -0.39 is 0 Å². The van der Waals surface area contributed by atoms with Gasteiger partial charge in [-0.1, -0.05) is 25.1 Å². The average molecular weight is 189 g/mol. The van der Waals surface area contributed by atoms with Crippen molar-refractivity contribution in [3.8, 4) is 0 Å². The number of hydrogen-bond donors (Lipinski definition) is 1. The first kappa shape index (κ1) is 8.80. The molecule has 0 fully saturated rings. The van der Waals surface area contributed by atoms with Crippen LogP contribution in [0.2, 0.25) is 0 Å². The van der Waals surface area contributed by atoms with E-state index >= 15 is 0 Å². The van der Waals surface area contributed by atoms with Gasteiger partial charge >= 0.3 is 0 Å². The molecular weight excluding hydrogens is 178 g/mol. The highest BCUT2D eigenvalue weighted by atomic mass is 32.2. The second-order valence-electron chi connectivity index (χ2n) is 2.12. The minimum absolute atomic E-state index is 0.559. The number of nitrogen functional groups attached to an aromatic ring is 1. The lowest BCUT2D eigenvalue weighted by Crippen LogP contribution is -1.83. The Morgan fingerprint density at radius 3 is 3.00 bits per heavy atom. The van der Waals surface area contributed by atoms with Crippen LogP contribution in [0.1, 0.15) is 19.8 Å². The van der Waals surface area contributed by atoms with Gasteiger partial charge in [-0.25, -0.2) is 0 Å². The molecule has 0 aliphatic rings. The van der Waals surface area contributed by atoms with E-state index in [-0.39, 0.29) is 0 Å². The zero-order valence-corrected chi connectivity index (χ0v) is 8.04. The lowest BCUT2D eigenvalue weighted by molar-refractivity contribution is 0.893. The maximum Gasteiger partial charge on any atom is 0.201 e. The Bertz CT molecular complexity index is 211. The fourth-order valence-electron chi connectivity index (χ4n) is 0.587. The maximum atomic E-state index is 5.41. The van der Waals surface area contributed by atoms with Crippen molar-refractivity contribution in [2.75, 3.05) is 11.5 Å². The molecule has 2 N–H and O–H groups in total. The van der Waals surface area contributed by atoms with Gasteiger partial charge in [0.2, 0.25) is 10.3 Å². The van der Waals surface area contributed by atoms with Crippen molar-refractivity contribution in [2.24, 2.45) is 0 Å². The first-order valence-electron chi connectivity index (χ1n) is 3.55. The van der Waals surface area contributed by atoms with Crippen LogP contribution >= 0.6 is 23.3 Å². The third-order valence-electron chi connectivity index (χ3n) is 1.15. The van der Waals surface area contributed by atoms with Crippen LogP contribution in [0.25, 0.3) is 0 Å². The molecule has 0 saturated heterocycles. The zero-order valence-electron chi connectivity index (χ0n) is 6.41. The molecule has 5 heteroatoms. The van der Waals surface area contributed by atoms with Crippen molar-refractivity contribution in [3.05, 3.63) is 0 Å². The largest absolute Gasteiger partial charge is 0.374 e. The summed E-state index contributed by atoms with van der Waals surface area (Å²) in [6, 6.07) is 0. The van der Waals surface area contributed by atoms with Crippen LogP contribution in [0.5, 0.6) is 0 Å². The molecule has 0 atom stereocenters. The number of rotatable bonds is 4. The number of hydrogen-bond acceptors (Lipinski definition) is 5. The van der Waals surface area contributed by atoms with Crippen LogP contribution in [0.4, 0.5) is 5.13 Å². The van der Waals surface area contributed by atoms with Gasteiger partial charge in [-0.2, -0.15) is 9.36 Å². The molecule has 1 heterocycles. The van der Waals surface area contributed by atoms with Crippen molar-refractivity contribution < 1.29 is 0 Å². The van der Waals surface area contributed by atoms with Crippen molar-refractivity contribution in [2.45, 2.75) is 24.9 Å². The molecule has 0 radical (unpaired) electrons. The Balaban J connectivity index is 2.27. The lowest BCUT2D eigenvalue weighted by atomic mass is 10.4. The maximum absolute atomic E-state index is 5.41. The van der Waals surface area contributed by atoms with Gasteiger partial charge in [0.05, 0.1) is 0 Å². The van der Waals surface area contributed by atoms with Gasteiger partial charge in [-0.3, -0.25) is 0 Å². The van der Waals surface area contributed by atoms with E-state index in [0.717, 1.165) is 10.9 Å². The molecule has 1 rings (SSSR count). The molecule has 0 aromatic carbocycles. The molecule has 1 aromatic rings. The highest BCUT2D eigenvalue weighted by Gasteiger charge is 1.99. The zero-order chi connectivity index (χ0) is 8.10. The van der Waals surface area contributed by atoms with Gasteiger partial charge in [0.25, 0.3) is 0 Å². The number of aromatic nitrogens is 2. The topological polar surface area (TPSA) is 51.8 Å². The summed E-state index contributed by atoms with van der Waals surface area (Å²) in [6.45, 7) is 2.17. The van der Waals surface area contributed by atoms with Gasteiger partial charge in [-0.15, -0.1) is 0 Å². The van der Waals surface area contributed by atoms with E-state index in [1.807, 2.05) is 0 Å². The van der Waals surface area contributed by atoms with Crippen molar-refractivity contribution in [3.63, 3.8) is 0 Å². The average Bonchev–Trinajstić information content (AvgIpc) is 2.37. The first-order chi connectivity index (χ1) is 5.33. The molecule has 3 nitrogen and oxygen atoms in total. The van der Waals surface area contributed by atoms with E-state index in [1.54, 1.807) is 11.8 Å². The quantitative estimate of drug-likeness (QED) is 0.581. The van der Waals surface area contributed by atoms with Gasteiger partial charge in [-0.05, 0) is 6.42 Å². The molecule has 0 spiro atoms. The molecule has 0 bridgehead atoms. The van der Waals surface area contributed by atoms with Crippen LogP contribution in [0.3, 0.4) is 0 Å². The Kier molecular flexibility index (Phi) is 3.65. The number of thioether (sulfide) groups is 1. The Morgan fingerprint density at radius 1 is 1.64 bits per heavy atom. The van der Waals surface area contributed by atoms with Crippen molar-refractivity contribution >= 4 is 28.4 Å². The molecule has 62 valence electrons. The number of unbranched alkanes of at least 4 members (excludes halogenated alkanes) is 1. The SMILES string of the molecule is CCCCSc1nsc(N)n1. The Morgan fingerprint density at radius 2 is 2.45 bits per heavy atom. The molecule has 0 aliphatic carbocycles. The normalized spacial score (nSPS) is 10.3. The second-order valence-corrected chi connectivity index (χ2v) is 3.96. The molecule has 11 heavy (non-hydrogen) atoms.